The van der Waals surface area contributed by atoms with Crippen LogP contribution in [0, 0.1) is 11.8 Å². The number of ether oxygens (including phenoxy) is 1. The predicted octanol–water partition coefficient (Wildman–Crippen LogP) is 1.04. The first kappa shape index (κ1) is 15.3. The van der Waals surface area contributed by atoms with Crippen molar-refractivity contribution in [3.05, 3.63) is 0 Å². The molecule has 4 nitrogen and oxygen atoms in total. The van der Waals surface area contributed by atoms with Gasteiger partial charge in [-0.2, -0.15) is 0 Å². The van der Waals surface area contributed by atoms with Crippen molar-refractivity contribution in [2.45, 2.75) is 20.8 Å². The summed E-state index contributed by atoms with van der Waals surface area (Å²) in [5.74, 6) is -0.240. The van der Waals surface area contributed by atoms with Crippen molar-refractivity contribution in [3.63, 3.8) is 0 Å². The second-order valence-electron chi connectivity index (χ2n) is 4.03. The molecule has 1 atom stereocenters. The van der Waals surface area contributed by atoms with E-state index in [1.54, 1.807) is 12.0 Å². The number of carbonyl (C=O) groups is 1. The van der Waals surface area contributed by atoms with E-state index < -0.39 is 0 Å². The molecule has 0 heterocycles. The Morgan fingerprint density at radius 1 is 1.50 bits per heavy atom. The van der Waals surface area contributed by atoms with Crippen molar-refractivity contribution in [2.75, 3.05) is 26.8 Å². The molecule has 0 saturated carbocycles. The van der Waals surface area contributed by atoms with Crippen LogP contribution < -0.4 is 5.73 Å². The van der Waals surface area contributed by atoms with Crippen molar-refractivity contribution in [2.24, 2.45) is 17.6 Å². The van der Waals surface area contributed by atoms with E-state index in [0.717, 1.165) is 0 Å². The van der Waals surface area contributed by atoms with Crippen LogP contribution in [-0.2, 0) is 9.53 Å². The van der Waals surface area contributed by atoms with Crippen molar-refractivity contribution >= 4 is 23.1 Å². The van der Waals surface area contributed by atoms with Gasteiger partial charge in [-0.05, 0) is 12.8 Å². The van der Waals surface area contributed by atoms with E-state index in [1.807, 2.05) is 20.8 Å². The van der Waals surface area contributed by atoms with Gasteiger partial charge in [0, 0.05) is 20.2 Å². The molecule has 16 heavy (non-hydrogen) atoms. The summed E-state index contributed by atoms with van der Waals surface area (Å²) in [7, 11) is 1.62. The lowest BCUT2D eigenvalue weighted by molar-refractivity contribution is -0.134. The lowest BCUT2D eigenvalue weighted by Crippen LogP contribution is -2.44. The van der Waals surface area contributed by atoms with Crippen LogP contribution in [0.3, 0.4) is 0 Å². The quantitative estimate of drug-likeness (QED) is 0.682. The van der Waals surface area contributed by atoms with E-state index in [2.05, 4.69) is 0 Å². The third-order valence-corrected chi connectivity index (χ3v) is 2.75. The third kappa shape index (κ3) is 4.45. The fourth-order valence-electron chi connectivity index (χ4n) is 1.56. The highest BCUT2D eigenvalue weighted by Gasteiger charge is 2.28. The normalized spacial score (nSPS) is 12.6. The fourth-order valence-corrected chi connectivity index (χ4v) is 1.93. The van der Waals surface area contributed by atoms with Crippen LogP contribution in [-0.4, -0.2) is 42.6 Å². The minimum absolute atomic E-state index is 0.00190. The Labute approximate surface area is 103 Å². The van der Waals surface area contributed by atoms with Gasteiger partial charge in [0.25, 0.3) is 0 Å². The summed E-state index contributed by atoms with van der Waals surface area (Å²) in [6.07, 6.45) is 0. The maximum atomic E-state index is 12.2. The first-order valence-corrected chi connectivity index (χ1v) is 5.93. The number of thiocarbonyl (C=S) groups is 1. The number of nitrogens with two attached hydrogens (primary N) is 1. The molecule has 1 amide bonds. The van der Waals surface area contributed by atoms with Crippen LogP contribution in [0.25, 0.3) is 0 Å². The molecule has 5 heteroatoms. The summed E-state index contributed by atoms with van der Waals surface area (Å²) in [6.45, 7) is 7.59. The standard InChI is InChI=1S/C11H22N2O2S/c1-5-13(6-7-15-4)11(14)9(8(2)3)10(12)16/h8-9H,5-7H2,1-4H3,(H2,12,16). The van der Waals surface area contributed by atoms with E-state index in [9.17, 15) is 4.79 Å². The van der Waals surface area contributed by atoms with Crippen molar-refractivity contribution < 1.29 is 9.53 Å². The van der Waals surface area contributed by atoms with E-state index in [-0.39, 0.29) is 22.7 Å². The fraction of sp³-hybridized carbons (Fsp3) is 0.818. The second kappa shape index (κ2) is 7.57. The average Bonchev–Trinajstić information content (AvgIpc) is 2.17. The van der Waals surface area contributed by atoms with Gasteiger partial charge in [-0.3, -0.25) is 4.79 Å². The topological polar surface area (TPSA) is 55.6 Å². The van der Waals surface area contributed by atoms with Crippen LogP contribution in [0.15, 0.2) is 0 Å². The predicted molar refractivity (Wildman–Crippen MR) is 69.2 cm³/mol. The highest BCUT2D eigenvalue weighted by atomic mass is 32.1. The summed E-state index contributed by atoms with van der Waals surface area (Å²) in [5, 5.41) is 0. The maximum Gasteiger partial charge on any atom is 0.232 e. The molecular weight excluding hydrogens is 224 g/mol. The highest BCUT2D eigenvalue weighted by molar-refractivity contribution is 7.80. The Balaban J connectivity index is 4.62. The molecule has 0 radical (unpaired) electrons. The minimum Gasteiger partial charge on any atom is -0.393 e. The lowest BCUT2D eigenvalue weighted by Gasteiger charge is -2.27. The largest absolute Gasteiger partial charge is 0.393 e. The lowest BCUT2D eigenvalue weighted by atomic mass is 9.94. The summed E-state index contributed by atoms with van der Waals surface area (Å²) < 4.78 is 4.97. The Kier molecular flexibility index (Phi) is 7.25. The zero-order valence-corrected chi connectivity index (χ0v) is 11.3. The van der Waals surface area contributed by atoms with Gasteiger partial charge in [-0.15, -0.1) is 0 Å². The summed E-state index contributed by atoms with van der Waals surface area (Å²) in [5.41, 5.74) is 5.61. The number of nitrogens with zero attached hydrogens (tertiary/aromatic N) is 1. The zero-order valence-electron chi connectivity index (χ0n) is 10.5. The number of amides is 1. The van der Waals surface area contributed by atoms with Gasteiger partial charge in [0.1, 0.15) is 0 Å². The SMILES string of the molecule is CCN(CCOC)C(=O)C(C(N)=S)C(C)C. The maximum absolute atomic E-state index is 12.2. The van der Waals surface area contributed by atoms with Crippen LogP contribution >= 0.6 is 12.2 Å². The summed E-state index contributed by atoms with van der Waals surface area (Å²) in [6, 6.07) is 0. The van der Waals surface area contributed by atoms with Crippen LogP contribution in [0.4, 0.5) is 0 Å². The van der Waals surface area contributed by atoms with E-state index in [4.69, 9.17) is 22.7 Å². The van der Waals surface area contributed by atoms with Gasteiger partial charge in [0.15, 0.2) is 0 Å². The number of carbonyl (C=O) groups excluding carboxylic acids is 1. The van der Waals surface area contributed by atoms with Gasteiger partial charge >= 0.3 is 0 Å². The second-order valence-corrected chi connectivity index (χ2v) is 4.51. The third-order valence-electron chi connectivity index (χ3n) is 2.50. The summed E-state index contributed by atoms with van der Waals surface area (Å²) in [4.78, 5) is 14.2. The Hall–Kier alpha value is -0.680. The van der Waals surface area contributed by atoms with E-state index in [0.29, 0.717) is 19.7 Å². The van der Waals surface area contributed by atoms with Crippen molar-refractivity contribution in [3.8, 4) is 0 Å². The molecule has 0 fully saturated rings. The number of rotatable bonds is 7. The molecule has 2 N–H and O–H groups in total. The zero-order chi connectivity index (χ0) is 12.7. The Morgan fingerprint density at radius 2 is 2.06 bits per heavy atom. The average molecular weight is 246 g/mol. The van der Waals surface area contributed by atoms with Gasteiger partial charge in [-0.1, -0.05) is 26.1 Å². The number of hydrogen-bond donors (Lipinski definition) is 1. The number of methoxy groups -OCH3 is 1. The Morgan fingerprint density at radius 3 is 2.38 bits per heavy atom. The van der Waals surface area contributed by atoms with Crippen molar-refractivity contribution in [1.29, 1.82) is 0 Å². The molecule has 1 unspecified atom stereocenters. The smallest absolute Gasteiger partial charge is 0.232 e. The first-order valence-electron chi connectivity index (χ1n) is 5.52. The van der Waals surface area contributed by atoms with Crippen molar-refractivity contribution in [1.82, 2.24) is 4.90 Å². The molecule has 0 spiro atoms. The van der Waals surface area contributed by atoms with Gasteiger partial charge in [0.2, 0.25) is 5.91 Å². The Bertz CT molecular complexity index is 244. The number of likely N-dealkylation sites (N-methyl/N-ethyl adjacent to an activating group) is 1. The van der Waals surface area contributed by atoms with Gasteiger partial charge in [0.05, 0.1) is 17.5 Å². The number of hydrogen-bond acceptors (Lipinski definition) is 3. The van der Waals surface area contributed by atoms with Crippen LogP contribution in [0.5, 0.6) is 0 Å². The first-order chi connectivity index (χ1) is 7.45. The molecule has 94 valence electrons. The van der Waals surface area contributed by atoms with Crippen LogP contribution in [0.1, 0.15) is 20.8 Å². The van der Waals surface area contributed by atoms with Crippen LogP contribution in [0.2, 0.25) is 0 Å². The minimum atomic E-state index is -0.369. The highest BCUT2D eigenvalue weighted by Crippen LogP contribution is 2.14. The molecule has 0 rings (SSSR count). The molecule has 0 aliphatic carbocycles. The summed E-state index contributed by atoms with van der Waals surface area (Å²) >= 11 is 4.95. The molecule has 0 aliphatic rings. The molecule has 0 aliphatic heterocycles. The molecular formula is C11H22N2O2S. The molecule has 0 saturated heterocycles. The molecule has 0 bridgehead atoms. The molecule has 0 aromatic carbocycles. The van der Waals surface area contributed by atoms with E-state index >= 15 is 0 Å². The van der Waals surface area contributed by atoms with Gasteiger partial charge < -0.3 is 15.4 Å². The molecule has 0 aromatic heterocycles. The molecule has 0 aromatic rings. The van der Waals surface area contributed by atoms with E-state index in [1.165, 1.54) is 0 Å². The van der Waals surface area contributed by atoms with Gasteiger partial charge in [-0.25, -0.2) is 0 Å². The monoisotopic (exact) mass is 246 g/mol.